The third kappa shape index (κ3) is 45.8. The Kier molecular flexibility index (Phi) is 46.0. The Balaban J connectivity index is 4.31. The topological polar surface area (TPSA) is 61.8 Å². The zero-order valence-electron chi connectivity index (χ0n) is 38.0. The molecule has 0 spiro atoms. The Hall–Kier alpha value is -2.92. The largest absolute Gasteiger partial charge is 0.462 e. The molecule has 0 bridgehead atoms. The van der Waals surface area contributed by atoms with Gasteiger partial charge >= 0.3 is 11.9 Å². The van der Waals surface area contributed by atoms with Crippen molar-refractivity contribution in [2.24, 2.45) is 0 Å². The van der Waals surface area contributed by atoms with Crippen LogP contribution in [0.1, 0.15) is 213 Å². The van der Waals surface area contributed by atoms with Gasteiger partial charge in [-0.3, -0.25) is 9.59 Å². The summed E-state index contributed by atoms with van der Waals surface area (Å²) < 4.78 is 17.3. The van der Waals surface area contributed by atoms with Gasteiger partial charge in [0, 0.05) is 19.4 Å². The summed E-state index contributed by atoms with van der Waals surface area (Å²) in [5.74, 6) is -0.452. The van der Waals surface area contributed by atoms with E-state index in [0.717, 1.165) is 96.3 Å². The van der Waals surface area contributed by atoms with Crippen LogP contribution in [0.2, 0.25) is 0 Å². The molecule has 5 heteroatoms. The fourth-order valence-electron chi connectivity index (χ4n) is 6.26. The molecule has 1 atom stereocenters. The maximum atomic E-state index is 12.7. The average molecular weight is 807 g/mol. The number of unbranched alkanes of at least 4 members (excludes halogenated alkanes) is 18. The maximum Gasteiger partial charge on any atom is 0.306 e. The molecule has 0 aromatic carbocycles. The number of esters is 2. The first-order chi connectivity index (χ1) is 28.6. The monoisotopic (exact) mass is 807 g/mol. The van der Waals surface area contributed by atoms with E-state index < -0.39 is 6.10 Å². The zero-order valence-corrected chi connectivity index (χ0v) is 38.0. The summed E-state index contributed by atoms with van der Waals surface area (Å²) in [4.78, 5) is 25.3. The molecule has 0 aliphatic heterocycles. The van der Waals surface area contributed by atoms with Gasteiger partial charge in [-0.1, -0.05) is 183 Å². The minimum Gasteiger partial charge on any atom is -0.462 e. The van der Waals surface area contributed by atoms with E-state index in [0.29, 0.717) is 19.4 Å². The lowest BCUT2D eigenvalue weighted by Crippen LogP contribution is -2.30. The average Bonchev–Trinajstić information content (AvgIpc) is 3.22. The number of allylic oxidation sites excluding steroid dienone is 14. The van der Waals surface area contributed by atoms with Crippen molar-refractivity contribution in [1.82, 2.24) is 0 Å². The second kappa shape index (κ2) is 48.4. The SMILES string of the molecule is CC/C=C\C/C=C\C/C=C\C/C=C\C/C=C\CCCCCC(=O)OCC(COCCCCCCCC/C=C\CCCC)OC(=O)CCCCCCC/C=C\CCCC. The Bertz CT molecular complexity index is 1090. The summed E-state index contributed by atoms with van der Waals surface area (Å²) in [7, 11) is 0. The van der Waals surface area contributed by atoms with Crippen molar-refractivity contribution in [1.29, 1.82) is 0 Å². The first kappa shape index (κ1) is 55.1. The number of hydrogen-bond donors (Lipinski definition) is 0. The summed E-state index contributed by atoms with van der Waals surface area (Å²) >= 11 is 0. The second-order valence-corrected chi connectivity index (χ2v) is 15.6. The maximum absolute atomic E-state index is 12.7. The van der Waals surface area contributed by atoms with Crippen molar-refractivity contribution in [3.63, 3.8) is 0 Å². The third-order valence-corrected chi connectivity index (χ3v) is 9.88. The van der Waals surface area contributed by atoms with Crippen LogP contribution < -0.4 is 0 Å². The predicted molar refractivity (Wildman–Crippen MR) is 251 cm³/mol. The van der Waals surface area contributed by atoms with E-state index in [-0.39, 0.29) is 25.2 Å². The minimum atomic E-state index is -0.559. The van der Waals surface area contributed by atoms with Crippen molar-refractivity contribution < 1.29 is 23.8 Å². The fraction of sp³-hybridized carbons (Fsp3) is 0.698. The van der Waals surface area contributed by atoms with E-state index in [1.165, 1.54) is 83.5 Å². The molecule has 58 heavy (non-hydrogen) atoms. The van der Waals surface area contributed by atoms with Gasteiger partial charge < -0.3 is 14.2 Å². The number of rotatable bonds is 43. The Morgan fingerprint density at radius 1 is 0.397 bits per heavy atom. The lowest BCUT2D eigenvalue weighted by molar-refractivity contribution is -0.163. The van der Waals surface area contributed by atoms with E-state index in [1.54, 1.807) is 0 Å². The van der Waals surface area contributed by atoms with E-state index in [4.69, 9.17) is 14.2 Å². The van der Waals surface area contributed by atoms with Crippen LogP contribution in [0.25, 0.3) is 0 Å². The molecule has 5 nitrogen and oxygen atoms in total. The van der Waals surface area contributed by atoms with Crippen LogP contribution in [-0.4, -0.2) is 37.9 Å². The molecule has 0 amide bonds. The summed E-state index contributed by atoms with van der Waals surface area (Å²) in [6.45, 7) is 7.58. The number of carbonyl (C=O) groups is 2. The highest BCUT2D eigenvalue weighted by Crippen LogP contribution is 2.12. The van der Waals surface area contributed by atoms with Crippen LogP contribution >= 0.6 is 0 Å². The number of hydrogen-bond acceptors (Lipinski definition) is 5. The molecule has 1 unspecified atom stereocenters. The van der Waals surface area contributed by atoms with Gasteiger partial charge in [-0.25, -0.2) is 0 Å². The number of carbonyl (C=O) groups excluding carboxylic acids is 2. The lowest BCUT2D eigenvalue weighted by Gasteiger charge is -2.18. The van der Waals surface area contributed by atoms with Crippen LogP contribution in [0.5, 0.6) is 0 Å². The normalized spacial score (nSPS) is 12.9. The first-order valence-corrected chi connectivity index (χ1v) is 24.1. The molecule has 332 valence electrons. The van der Waals surface area contributed by atoms with Gasteiger partial charge in [-0.05, 0) is 103 Å². The van der Waals surface area contributed by atoms with Crippen molar-refractivity contribution in [2.45, 2.75) is 219 Å². The van der Waals surface area contributed by atoms with Gasteiger partial charge in [0.15, 0.2) is 6.10 Å². The summed E-state index contributed by atoms with van der Waals surface area (Å²) in [5.41, 5.74) is 0. The smallest absolute Gasteiger partial charge is 0.306 e. The van der Waals surface area contributed by atoms with Crippen molar-refractivity contribution in [2.75, 3.05) is 19.8 Å². The zero-order chi connectivity index (χ0) is 42.1. The van der Waals surface area contributed by atoms with Gasteiger partial charge in [0.1, 0.15) is 6.61 Å². The number of ether oxygens (including phenoxy) is 3. The Morgan fingerprint density at radius 2 is 0.776 bits per heavy atom. The molecule has 0 saturated heterocycles. The van der Waals surface area contributed by atoms with Crippen LogP contribution in [0, 0.1) is 0 Å². The van der Waals surface area contributed by atoms with E-state index in [1.807, 2.05) is 0 Å². The molecule has 0 heterocycles. The molecule has 0 aliphatic rings. The van der Waals surface area contributed by atoms with Gasteiger partial charge in [0.05, 0.1) is 6.61 Å². The van der Waals surface area contributed by atoms with Crippen molar-refractivity contribution in [3.8, 4) is 0 Å². The minimum absolute atomic E-state index is 0.0588. The molecule has 0 aliphatic carbocycles. The van der Waals surface area contributed by atoms with Crippen LogP contribution in [0.3, 0.4) is 0 Å². The molecular weight excluding hydrogens is 717 g/mol. The van der Waals surface area contributed by atoms with Crippen LogP contribution in [0.4, 0.5) is 0 Å². The van der Waals surface area contributed by atoms with Gasteiger partial charge in [-0.2, -0.15) is 0 Å². The quantitative estimate of drug-likeness (QED) is 0.0349. The van der Waals surface area contributed by atoms with E-state index >= 15 is 0 Å². The highest BCUT2D eigenvalue weighted by molar-refractivity contribution is 5.70. The third-order valence-electron chi connectivity index (χ3n) is 9.88. The van der Waals surface area contributed by atoms with Crippen LogP contribution in [0.15, 0.2) is 85.1 Å². The standard InChI is InChI=1S/C53H90O5/c1-4-7-10-13-16-19-22-24-25-26-27-28-29-30-32-34-37-40-43-46-52(54)57-50-51(49-56-48-45-42-39-36-33-23-20-17-14-11-8-5-2)58-53(55)47-44-41-38-35-31-21-18-15-12-9-6-3/h7,10,14-19,24-25,27-28,30,32,51H,4-6,8-9,11-13,20-23,26,29,31,33-50H2,1-3H3/b10-7-,17-14-,18-15-,19-16-,25-24-,28-27-,32-30-. The van der Waals surface area contributed by atoms with E-state index in [9.17, 15) is 9.59 Å². The Labute approximate surface area is 359 Å². The first-order valence-electron chi connectivity index (χ1n) is 24.1. The molecular formula is C53H90O5. The van der Waals surface area contributed by atoms with Crippen molar-refractivity contribution >= 4 is 11.9 Å². The molecule has 0 fully saturated rings. The molecule has 0 N–H and O–H groups in total. The van der Waals surface area contributed by atoms with Crippen LogP contribution in [-0.2, 0) is 23.8 Å². The molecule has 0 saturated carbocycles. The lowest BCUT2D eigenvalue weighted by atomic mass is 10.1. The Morgan fingerprint density at radius 3 is 1.28 bits per heavy atom. The van der Waals surface area contributed by atoms with Gasteiger partial charge in [0.2, 0.25) is 0 Å². The second-order valence-electron chi connectivity index (χ2n) is 15.6. The van der Waals surface area contributed by atoms with Gasteiger partial charge in [0.25, 0.3) is 0 Å². The molecule has 0 aromatic rings. The summed E-state index contributed by atoms with van der Waals surface area (Å²) in [5, 5.41) is 0. The highest BCUT2D eigenvalue weighted by atomic mass is 16.6. The summed E-state index contributed by atoms with van der Waals surface area (Å²) in [6.07, 6.45) is 63.0. The summed E-state index contributed by atoms with van der Waals surface area (Å²) in [6, 6.07) is 0. The molecule has 0 rings (SSSR count). The fourth-order valence-corrected chi connectivity index (χ4v) is 6.26. The molecule has 0 radical (unpaired) electrons. The highest BCUT2D eigenvalue weighted by Gasteiger charge is 2.17. The van der Waals surface area contributed by atoms with E-state index in [2.05, 4.69) is 106 Å². The van der Waals surface area contributed by atoms with Gasteiger partial charge in [-0.15, -0.1) is 0 Å². The predicted octanol–water partition coefficient (Wildman–Crippen LogP) is 16.1. The van der Waals surface area contributed by atoms with Crippen molar-refractivity contribution in [3.05, 3.63) is 85.1 Å². The molecule has 0 aromatic heterocycles.